The Morgan fingerprint density at radius 1 is 1.07 bits per heavy atom. The zero-order valence-corrected chi connectivity index (χ0v) is 16.7. The molecule has 7 nitrogen and oxygen atoms in total. The Morgan fingerprint density at radius 3 is 2.61 bits per heavy atom. The van der Waals surface area contributed by atoms with Crippen molar-refractivity contribution in [3.05, 3.63) is 56.7 Å². The molecule has 150 valence electrons. The van der Waals surface area contributed by atoms with Crippen molar-refractivity contribution in [2.24, 2.45) is 7.05 Å². The molecule has 0 unspecified atom stereocenters. The van der Waals surface area contributed by atoms with Crippen molar-refractivity contribution in [1.29, 1.82) is 0 Å². The molecule has 0 atom stereocenters. The summed E-state index contributed by atoms with van der Waals surface area (Å²) in [4.78, 5) is 31.4. The third-order valence-electron chi connectivity index (χ3n) is 5.01. The fraction of sp³-hybridized carbons (Fsp3) is 0.476. The second-order valence-corrected chi connectivity index (χ2v) is 7.15. The summed E-state index contributed by atoms with van der Waals surface area (Å²) in [5, 5.41) is 3.37. The molecule has 3 rings (SSSR count). The second kappa shape index (κ2) is 9.39. The first-order valence-corrected chi connectivity index (χ1v) is 10.1. The fourth-order valence-electron chi connectivity index (χ4n) is 3.43. The van der Waals surface area contributed by atoms with Gasteiger partial charge in [-0.1, -0.05) is 56.5 Å². The molecule has 1 aromatic carbocycles. The predicted octanol–water partition coefficient (Wildman–Crippen LogP) is 3.05. The van der Waals surface area contributed by atoms with Crippen LogP contribution in [0, 0.1) is 0 Å². The second-order valence-electron chi connectivity index (χ2n) is 7.15. The third kappa shape index (κ3) is 4.52. The van der Waals surface area contributed by atoms with Crippen LogP contribution in [-0.4, -0.2) is 25.6 Å². The van der Waals surface area contributed by atoms with Gasteiger partial charge in [-0.3, -0.25) is 14.3 Å². The molecule has 2 N–H and O–H groups in total. The number of unbranched alkanes of at least 4 members (excludes halogenated alkanes) is 3. The van der Waals surface area contributed by atoms with E-state index >= 15 is 0 Å². The maximum atomic E-state index is 12.5. The lowest BCUT2D eigenvalue weighted by Crippen LogP contribution is -2.29. The molecule has 7 heteroatoms. The monoisotopic (exact) mass is 383 g/mol. The number of hydrogen-bond donors (Lipinski definition) is 2. The van der Waals surface area contributed by atoms with E-state index in [2.05, 4.69) is 34.3 Å². The minimum absolute atomic E-state index is 0.385. The number of H-pyrrole nitrogens is 1. The van der Waals surface area contributed by atoms with E-state index in [1.807, 2.05) is 22.8 Å². The van der Waals surface area contributed by atoms with Crippen molar-refractivity contribution in [3.8, 4) is 0 Å². The van der Waals surface area contributed by atoms with Gasteiger partial charge in [-0.25, -0.2) is 4.79 Å². The standard InChI is InChI=1S/C21H29N5O2/c1-3-4-5-9-14-22-20-23-18-17(19(27)24-21(28)25(18)2)26(20)15-10-13-16-11-7-6-8-12-16/h6-8,11-12H,3-5,9-10,13-15H2,1-2H3,(H,22,23)(H,24,27,28). The summed E-state index contributed by atoms with van der Waals surface area (Å²) < 4.78 is 3.31. The first-order valence-electron chi connectivity index (χ1n) is 10.1. The number of hydrogen-bond acceptors (Lipinski definition) is 4. The summed E-state index contributed by atoms with van der Waals surface area (Å²) in [6, 6.07) is 10.3. The minimum Gasteiger partial charge on any atom is -0.356 e. The average Bonchev–Trinajstić information content (AvgIpc) is 3.06. The molecule has 0 fully saturated rings. The van der Waals surface area contributed by atoms with Gasteiger partial charge in [-0.15, -0.1) is 0 Å². The first-order chi connectivity index (χ1) is 13.6. The highest BCUT2D eigenvalue weighted by atomic mass is 16.2. The number of rotatable bonds is 10. The molecule has 0 saturated carbocycles. The van der Waals surface area contributed by atoms with Crippen LogP contribution in [0.5, 0.6) is 0 Å². The molecular weight excluding hydrogens is 354 g/mol. The van der Waals surface area contributed by atoms with Crippen molar-refractivity contribution in [1.82, 2.24) is 19.1 Å². The van der Waals surface area contributed by atoms with Gasteiger partial charge in [0.25, 0.3) is 5.56 Å². The van der Waals surface area contributed by atoms with Gasteiger partial charge >= 0.3 is 5.69 Å². The molecule has 3 aromatic rings. The Kier molecular flexibility index (Phi) is 6.68. The van der Waals surface area contributed by atoms with Crippen molar-refractivity contribution in [3.63, 3.8) is 0 Å². The van der Waals surface area contributed by atoms with Crippen molar-refractivity contribution < 1.29 is 0 Å². The van der Waals surface area contributed by atoms with E-state index in [-0.39, 0.29) is 5.56 Å². The van der Waals surface area contributed by atoms with Crippen LogP contribution in [0.1, 0.15) is 44.6 Å². The Bertz CT molecular complexity index is 1020. The zero-order valence-electron chi connectivity index (χ0n) is 16.7. The topological polar surface area (TPSA) is 84.7 Å². The maximum Gasteiger partial charge on any atom is 0.329 e. The highest BCUT2D eigenvalue weighted by molar-refractivity contribution is 5.74. The van der Waals surface area contributed by atoms with E-state index in [0.717, 1.165) is 32.2 Å². The Balaban J connectivity index is 1.83. The Hall–Kier alpha value is -2.83. The van der Waals surface area contributed by atoms with Crippen LogP contribution < -0.4 is 16.6 Å². The molecule has 0 aliphatic carbocycles. The zero-order chi connectivity index (χ0) is 19.9. The average molecular weight is 383 g/mol. The highest BCUT2D eigenvalue weighted by Crippen LogP contribution is 2.17. The molecule has 0 bridgehead atoms. The van der Waals surface area contributed by atoms with Gasteiger partial charge in [0.2, 0.25) is 5.95 Å². The van der Waals surface area contributed by atoms with E-state index in [1.165, 1.54) is 23.0 Å². The van der Waals surface area contributed by atoms with Crippen LogP contribution in [0.2, 0.25) is 0 Å². The molecule has 0 saturated heterocycles. The van der Waals surface area contributed by atoms with Crippen LogP contribution in [0.4, 0.5) is 5.95 Å². The number of imidazole rings is 1. The number of benzene rings is 1. The molecule has 0 amide bonds. The van der Waals surface area contributed by atoms with Gasteiger partial charge in [0, 0.05) is 20.1 Å². The fourth-order valence-corrected chi connectivity index (χ4v) is 3.43. The quantitative estimate of drug-likeness (QED) is 0.527. The summed E-state index contributed by atoms with van der Waals surface area (Å²) in [7, 11) is 1.63. The normalized spacial score (nSPS) is 11.2. The predicted molar refractivity (Wildman–Crippen MR) is 113 cm³/mol. The third-order valence-corrected chi connectivity index (χ3v) is 5.01. The van der Waals surface area contributed by atoms with Gasteiger partial charge in [0.1, 0.15) is 0 Å². The summed E-state index contributed by atoms with van der Waals surface area (Å²) in [5.74, 6) is 0.659. The molecule has 28 heavy (non-hydrogen) atoms. The number of aromatic amines is 1. The van der Waals surface area contributed by atoms with Crippen molar-refractivity contribution in [2.75, 3.05) is 11.9 Å². The molecule has 0 radical (unpaired) electrons. The molecular formula is C21H29N5O2. The van der Waals surface area contributed by atoms with Crippen LogP contribution in [0.25, 0.3) is 11.2 Å². The molecule has 0 aliphatic rings. The minimum atomic E-state index is -0.444. The molecule has 0 aliphatic heterocycles. The largest absolute Gasteiger partial charge is 0.356 e. The summed E-state index contributed by atoms with van der Waals surface area (Å²) in [5.41, 5.74) is 1.31. The number of aromatic nitrogens is 4. The van der Waals surface area contributed by atoms with Gasteiger partial charge in [0.05, 0.1) is 0 Å². The van der Waals surface area contributed by atoms with E-state index in [1.54, 1.807) is 7.05 Å². The number of nitrogens with zero attached hydrogens (tertiary/aromatic N) is 3. The summed E-state index contributed by atoms with van der Waals surface area (Å²) in [6.45, 7) is 3.64. The highest BCUT2D eigenvalue weighted by Gasteiger charge is 2.16. The van der Waals surface area contributed by atoms with Crippen LogP contribution in [0.3, 0.4) is 0 Å². The van der Waals surface area contributed by atoms with Crippen molar-refractivity contribution >= 4 is 17.1 Å². The van der Waals surface area contributed by atoms with E-state index < -0.39 is 5.69 Å². The van der Waals surface area contributed by atoms with Crippen LogP contribution in [-0.2, 0) is 20.0 Å². The van der Waals surface area contributed by atoms with Crippen LogP contribution >= 0.6 is 0 Å². The van der Waals surface area contributed by atoms with Gasteiger partial charge in [-0.2, -0.15) is 4.98 Å². The number of aryl methyl sites for hydroxylation is 3. The Morgan fingerprint density at radius 2 is 1.86 bits per heavy atom. The van der Waals surface area contributed by atoms with E-state index in [9.17, 15) is 9.59 Å². The van der Waals surface area contributed by atoms with Crippen LogP contribution in [0.15, 0.2) is 39.9 Å². The smallest absolute Gasteiger partial charge is 0.329 e. The van der Waals surface area contributed by atoms with Gasteiger partial charge in [-0.05, 0) is 24.8 Å². The lowest BCUT2D eigenvalue weighted by Gasteiger charge is -2.10. The lowest BCUT2D eigenvalue weighted by atomic mass is 10.1. The number of nitrogens with one attached hydrogen (secondary N) is 2. The number of anilines is 1. The molecule has 2 aromatic heterocycles. The van der Waals surface area contributed by atoms with E-state index in [0.29, 0.717) is 23.7 Å². The van der Waals surface area contributed by atoms with Crippen molar-refractivity contribution in [2.45, 2.75) is 52.0 Å². The van der Waals surface area contributed by atoms with Gasteiger partial charge in [0.15, 0.2) is 11.2 Å². The first kappa shape index (κ1) is 19.9. The van der Waals surface area contributed by atoms with E-state index in [4.69, 9.17) is 0 Å². The Labute approximate surface area is 164 Å². The molecule has 2 heterocycles. The maximum absolute atomic E-state index is 12.5. The molecule has 0 spiro atoms. The van der Waals surface area contributed by atoms with Gasteiger partial charge < -0.3 is 9.88 Å². The number of fused-ring (bicyclic) bond motifs is 1. The lowest BCUT2D eigenvalue weighted by molar-refractivity contribution is 0.649. The summed E-state index contributed by atoms with van der Waals surface area (Å²) >= 11 is 0. The summed E-state index contributed by atoms with van der Waals surface area (Å²) in [6.07, 6.45) is 6.41. The SMILES string of the molecule is CCCCCCNc1nc2c(c(=O)[nH]c(=O)n2C)n1CCCc1ccccc1.